The maximum atomic E-state index is 13.1. The van der Waals surface area contributed by atoms with Crippen molar-refractivity contribution in [1.29, 1.82) is 0 Å². The molecule has 0 saturated heterocycles. The summed E-state index contributed by atoms with van der Waals surface area (Å²) in [7, 11) is 0. The Hall–Kier alpha value is -1.98. The molecule has 1 aromatic heterocycles. The van der Waals surface area contributed by atoms with Crippen molar-refractivity contribution in [3.8, 4) is 0 Å². The van der Waals surface area contributed by atoms with E-state index in [1.165, 1.54) is 29.5 Å². The number of thiazole rings is 1. The minimum absolute atomic E-state index is 0.308. The molecule has 3 aromatic rings. The molecule has 1 heterocycles. The number of halogens is 2. The fourth-order valence-electron chi connectivity index (χ4n) is 2.00. The van der Waals surface area contributed by atoms with Crippen molar-refractivity contribution in [2.24, 2.45) is 0 Å². The Labute approximate surface area is 129 Å². The van der Waals surface area contributed by atoms with Crippen molar-refractivity contribution in [3.63, 3.8) is 0 Å². The average molecular weight is 321 g/mol. The molecule has 1 amide bonds. The Kier molecular flexibility index (Phi) is 3.61. The molecule has 0 radical (unpaired) electrons. The van der Waals surface area contributed by atoms with Gasteiger partial charge in [0.25, 0.3) is 5.91 Å². The standard InChI is InChI=1S/C15H10ClFN2OS/c1-8-6-10(17)3-4-11(8)14(20)19-15-18-12-5-2-9(16)7-13(12)21-15/h2-7H,1H3,(H,18,19,20). The van der Waals surface area contributed by atoms with E-state index < -0.39 is 0 Å². The molecule has 3 nitrogen and oxygen atoms in total. The predicted molar refractivity (Wildman–Crippen MR) is 83.7 cm³/mol. The number of nitrogens with zero attached hydrogens (tertiary/aromatic N) is 1. The van der Waals surface area contributed by atoms with Crippen LogP contribution in [0.4, 0.5) is 9.52 Å². The Balaban J connectivity index is 1.89. The van der Waals surface area contributed by atoms with Gasteiger partial charge in [0.15, 0.2) is 5.13 Å². The van der Waals surface area contributed by atoms with Gasteiger partial charge in [-0.25, -0.2) is 9.37 Å². The highest BCUT2D eigenvalue weighted by Gasteiger charge is 2.12. The van der Waals surface area contributed by atoms with Crippen LogP contribution in [0.5, 0.6) is 0 Å². The van der Waals surface area contributed by atoms with E-state index >= 15 is 0 Å². The lowest BCUT2D eigenvalue weighted by molar-refractivity contribution is 0.102. The Bertz CT molecular complexity index is 847. The zero-order chi connectivity index (χ0) is 15.0. The van der Waals surface area contributed by atoms with Crippen LogP contribution in [-0.4, -0.2) is 10.9 Å². The summed E-state index contributed by atoms with van der Waals surface area (Å²) >= 11 is 7.26. The molecule has 0 aliphatic rings. The molecule has 0 aliphatic heterocycles. The predicted octanol–water partition coefficient (Wildman–Crippen LogP) is 4.65. The first-order valence-electron chi connectivity index (χ1n) is 6.16. The second-order valence-corrected chi connectivity index (χ2v) is 6.01. The van der Waals surface area contributed by atoms with Crippen molar-refractivity contribution in [1.82, 2.24) is 4.98 Å². The van der Waals surface area contributed by atoms with Crippen molar-refractivity contribution in [2.75, 3.05) is 5.32 Å². The third kappa shape index (κ3) is 2.89. The van der Waals surface area contributed by atoms with E-state index in [0.29, 0.717) is 21.3 Å². The molecule has 1 N–H and O–H groups in total. The van der Waals surface area contributed by atoms with Crippen LogP contribution in [0.1, 0.15) is 15.9 Å². The van der Waals surface area contributed by atoms with Gasteiger partial charge in [0.2, 0.25) is 0 Å². The molecule has 3 rings (SSSR count). The SMILES string of the molecule is Cc1cc(F)ccc1C(=O)Nc1nc2ccc(Cl)cc2s1. The first kappa shape index (κ1) is 14.0. The van der Waals surface area contributed by atoms with Gasteiger partial charge in [-0.3, -0.25) is 10.1 Å². The molecule has 0 aliphatic carbocycles. The zero-order valence-corrected chi connectivity index (χ0v) is 12.6. The van der Waals surface area contributed by atoms with E-state index in [4.69, 9.17) is 11.6 Å². The number of hydrogen-bond acceptors (Lipinski definition) is 3. The molecule has 106 valence electrons. The third-order valence-electron chi connectivity index (χ3n) is 3.00. The largest absolute Gasteiger partial charge is 0.298 e. The van der Waals surface area contributed by atoms with E-state index in [0.717, 1.165) is 10.2 Å². The zero-order valence-electron chi connectivity index (χ0n) is 11.0. The number of carbonyl (C=O) groups excluding carboxylic acids is 1. The minimum Gasteiger partial charge on any atom is -0.298 e. The second kappa shape index (κ2) is 5.42. The number of fused-ring (bicyclic) bond motifs is 1. The Morgan fingerprint density at radius 3 is 2.86 bits per heavy atom. The lowest BCUT2D eigenvalue weighted by Crippen LogP contribution is -2.13. The van der Waals surface area contributed by atoms with Gasteiger partial charge in [0.05, 0.1) is 10.2 Å². The average Bonchev–Trinajstić information content (AvgIpc) is 2.79. The number of carbonyl (C=O) groups is 1. The molecule has 21 heavy (non-hydrogen) atoms. The molecular formula is C15H10ClFN2OS. The van der Waals surface area contributed by atoms with Crippen LogP contribution < -0.4 is 5.32 Å². The smallest absolute Gasteiger partial charge is 0.257 e. The van der Waals surface area contributed by atoms with Crippen LogP contribution in [0.2, 0.25) is 5.02 Å². The first-order valence-corrected chi connectivity index (χ1v) is 7.36. The van der Waals surface area contributed by atoms with Crippen LogP contribution in [0.25, 0.3) is 10.2 Å². The Morgan fingerprint density at radius 2 is 2.10 bits per heavy atom. The van der Waals surface area contributed by atoms with Crippen LogP contribution >= 0.6 is 22.9 Å². The van der Waals surface area contributed by atoms with Gasteiger partial charge in [-0.05, 0) is 48.9 Å². The lowest BCUT2D eigenvalue weighted by Gasteiger charge is -2.05. The van der Waals surface area contributed by atoms with Gasteiger partial charge in [0.1, 0.15) is 5.82 Å². The summed E-state index contributed by atoms with van der Waals surface area (Å²) in [6.45, 7) is 1.69. The van der Waals surface area contributed by atoms with Gasteiger partial charge in [-0.15, -0.1) is 0 Å². The topological polar surface area (TPSA) is 42.0 Å². The van der Waals surface area contributed by atoms with Crippen LogP contribution in [0, 0.1) is 12.7 Å². The fraction of sp³-hybridized carbons (Fsp3) is 0.0667. The summed E-state index contributed by atoms with van der Waals surface area (Å²) in [6, 6.07) is 9.40. The van der Waals surface area contributed by atoms with Gasteiger partial charge >= 0.3 is 0 Å². The molecule has 0 spiro atoms. The van der Waals surface area contributed by atoms with Crippen LogP contribution in [-0.2, 0) is 0 Å². The molecule has 2 aromatic carbocycles. The van der Waals surface area contributed by atoms with Crippen LogP contribution in [0.3, 0.4) is 0 Å². The molecule has 0 unspecified atom stereocenters. The number of hydrogen-bond donors (Lipinski definition) is 1. The summed E-state index contributed by atoms with van der Waals surface area (Å²) in [5, 5.41) is 3.84. The summed E-state index contributed by atoms with van der Waals surface area (Å²) < 4.78 is 14.0. The number of anilines is 1. The summed E-state index contributed by atoms with van der Waals surface area (Å²) in [6.07, 6.45) is 0. The minimum atomic E-state index is -0.362. The lowest BCUT2D eigenvalue weighted by atomic mass is 10.1. The van der Waals surface area contributed by atoms with E-state index in [-0.39, 0.29) is 11.7 Å². The van der Waals surface area contributed by atoms with Crippen molar-refractivity contribution in [2.45, 2.75) is 6.92 Å². The van der Waals surface area contributed by atoms with E-state index in [1.807, 2.05) is 0 Å². The number of aromatic nitrogens is 1. The fourth-order valence-corrected chi connectivity index (χ4v) is 3.14. The first-order chi connectivity index (χ1) is 10.0. The second-order valence-electron chi connectivity index (χ2n) is 4.54. The number of amides is 1. The van der Waals surface area contributed by atoms with Crippen molar-refractivity contribution >= 4 is 44.2 Å². The summed E-state index contributed by atoms with van der Waals surface area (Å²) in [5.74, 6) is -0.670. The van der Waals surface area contributed by atoms with Gasteiger partial charge in [0, 0.05) is 10.6 Å². The molecule has 0 fully saturated rings. The number of nitrogens with one attached hydrogen (secondary N) is 1. The monoisotopic (exact) mass is 320 g/mol. The maximum Gasteiger partial charge on any atom is 0.257 e. The maximum absolute atomic E-state index is 13.1. The summed E-state index contributed by atoms with van der Waals surface area (Å²) in [5.41, 5.74) is 1.78. The highest BCUT2D eigenvalue weighted by Crippen LogP contribution is 2.28. The summed E-state index contributed by atoms with van der Waals surface area (Å²) in [4.78, 5) is 16.5. The normalized spacial score (nSPS) is 10.8. The molecular weight excluding hydrogens is 311 g/mol. The van der Waals surface area contributed by atoms with E-state index in [9.17, 15) is 9.18 Å². The van der Waals surface area contributed by atoms with Gasteiger partial charge in [-0.1, -0.05) is 22.9 Å². The third-order valence-corrected chi connectivity index (χ3v) is 4.17. The highest BCUT2D eigenvalue weighted by atomic mass is 35.5. The molecule has 0 saturated carbocycles. The number of rotatable bonds is 2. The van der Waals surface area contributed by atoms with Crippen LogP contribution in [0.15, 0.2) is 36.4 Å². The molecule has 0 atom stereocenters. The quantitative estimate of drug-likeness (QED) is 0.746. The van der Waals surface area contributed by atoms with E-state index in [1.54, 1.807) is 25.1 Å². The van der Waals surface area contributed by atoms with Gasteiger partial charge in [-0.2, -0.15) is 0 Å². The van der Waals surface area contributed by atoms with Crippen molar-refractivity contribution < 1.29 is 9.18 Å². The molecule has 0 bridgehead atoms. The highest BCUT2D eigenvalue weighted by molar-refractivity contribution is 7.22. The molecule has 6 heteroatoms. The van der Waals surface area contributed by atoms with E-state index in [2.05, 4.69) is 10.3 Å². The number of aryl methyl sites for hydroxylation is 1. The Morgan fingerprint density at radius 1 is 1.29 bits per heavy atom. The van der Waals surface area contributed by atoms with Gasteiger partial charge < -0.3 is 0 Å². The van der Waals surface area contributed by atoms with Crippen molar-refractivity contribution in [3.05, 3.63) is 58.4 Å². The number of benzene rings is 2.